The number of carbonyl (C=O) groups is 1. The number of hydrogen-bond acceptors (Lipinski definition) is 5. The van der Waals surface area contributed by atoms with Gasteiger partial charge in [0.25, 0.3) is 0 Å². The topological polar surface area (TPSA) is 70.7 Å². The fraction of sp³-hybridized carbons (Fsp3) is 0.0714. The maximum Gasteiger partial charge on any atom is 0.234 e. The van der Waals surface area contributed by atoms with Crippen molar-refractivity contribution in [1.29, 1.82) is 0 Å². The lowest BCUT2D eigenvalue weighted by atomic mass is 10.3. The van der Waals surface area contributed by atoms with Crippen LogP contribution in [0.5, 0.6) is 0 Å². The lowest BCUT2D eigenvalue weighted by Gasteiger charge is -2.06. The number of rotatable bonds is 5. The highest BCUT2D eigenvalue weighted by Gasteiger charge is 2.11. The molecule has 2 aromatic heterocycles. The van der Waals surface area contributed by atoms with E-state index in [2.05, 4.69) is 20.5 Å². The van der Waals surface area contributed by atoms with E-state index in [0.717, 1.165) is 10.9 Å². The predicted octanol–water partition coefficient (Wildman–Crippen LogP) is 4.06. The molecule has 3 aromatic rings. The maximum absolute atomic E-state index is 13.0. The van der Waals surface area contributed by atoms with Crippen LogP contribution in [-0.4, -0.2) is 26.8 Å². The van der Waals surface area contributed by atoms with Gasteiger partial charge in [-0.1, -0.05) is 29.4 Å². The molecule has 0 aliphatic heterocycles. The van der Waals surface area contributed by atoms with Crippen LogP contribution in [0.25, 0.3) is 10.7 Å². The molecule has 23 heavy (non-hydrogen) atoms. The molecule has 0 atom stereocenters. The van der Waals surface area contributed by atoms with Gasteiger partial charge in [0.15, 0.2) is 5.82 Å². The lowest BCUT2D eigenvalue weighted by molar-refractivity contribution is -0.113. The second kappa shape index (κ2) is 7.12. The van der Waals surface area contributed by atoms with E-state index >= 15 is 0 Å². The Labute approximate surface area is 144 Å². The van der Waals surface area contributed by atoms with Crippen molar-refractivity contribution >= 4 is 46.3 Å². The molecule has 0 saturated carbocycles. The van der Waals surface area contributed by atoms with Crippen molar-refractivity contribution in [2.45, 2.75) is 5.16 Å². The summed E-state index contributed by atoms with van der Waals surface area (Å²) >= 11 is 8.61. The number of hydrogen-bond donors (Lipinski definition) is 2. The van der Waals surface area contributed by atoms with Gasteiger partial charge in [-0.15, -0.1) is 16.4 Å². The van der Waals surface area contributed by atoms with Gasteiger partial charge >= 0.3 is 0 Å². The van der Waals surface area contributed by atoms with E-state index in [9.17, 15) is 9.18 Å². The summed E-state index contributed by atoms with van der Waals surface area (Å²) < 4.78 is 13.0. The van der Waals surface area contributed by atoms with Gasteiger partial charge in [0.05, 0.1) is 21.3 Å². The zero-order chi connectivity index (χ0) is 16.2. The minimum Gasteiger partial charge on any atom is -0.324 e. The first-order chi connectivity index (χ1) is 11.1. The van der Waals surface area contributed by atoms with Crippen molar-refractivity contribution in [3.63, 3.8) is 0 Å². The van der Waals surface area contributed by atoms with E-state index < -0.39 is 5.82 Å². The molecule has 2 heterocycles. The minimum atomic E-state index is -0.454. The first-order valence-electron chi connectivity index (χ1n) is 6.46. The highest BCUT2D eigenvalue weighted by atomic mass is 35.5. The molecule has 9 heteroatoms. The maximum atomic E-state index is 13.0. The van der Waals surface area contributed by atoms with E-state index in [0.29, 0.717) is 16.7 Å². The van der Waals surface area contributed by atoms with Gasteiger partial charge in [0.1, 0.15) is 5.82 Å². The summed E-state index contributed by atoms with van der Waals surface area (Å²) in [7, 11) is 0. The van der Waals surface area contributed by atoms with E-state index in [-0.39, 0.29) is 16.7 Å². The Morgan fingerprint density at radius 1 is 1.43 bits per heavy atom. The Morgan fingerprint density at radius 3 is 3.04 bits per heavy atom. The van der Waals surface area contributed by atoms with Gasteiger partial charge in [0, 0.05) is 0 Å². The predicted molar refractivity (Wildman–Crippen MR) is 90.5 cm³/mol. The van der Waals surface area contributed by atoms with Gasteiger partial charge in [0.2, 0.25) is 11.1 Å². The molecule has 0 radical (unpaired) electrons. The fourth-order valence-corrected chi connectivity index (χ4v) is 3.22. The number of halogens is 2. The Kier molecular flexibility index (Phi) is 4.94. The molecule has 118 valence electrons. The van der Waals surface area contributed by atoms with E-state index in [1.807, 2.05) is 17.5 Å². The van der Waals surface area contributed by atoms with Crippen LogP contribution in [0.4, 0.5) is 10.1 Å². The molecule has 0 spiro atoms. The molecule has 1 aromatic carbocycles. The monoisotopic (exact) mass is 368 g/mol. The lowest BCUT2D eigenvalue weighted by Crippen LogP contribution is -2.14. The summed E-state index contributed by atoms with van der Waals surface area (Å²) in [6, 6.07) is 7.66. The molecule has 0 aliphatic rings. The molecule has 0 saturated heterocycles. The standard InChI is InChI=1S/C14H10ClFN4OS2/c15-9-6-8(16)3-4-10(9)17-12(21)7-23-14-18-13(19-20-14)11-2-1-5-22-11/h1-6H,7H2,(H,17,21)(H,18,19,20). The minimum absolute atomic E-state index is 0.120. The van der Waals surface area contributed by atoms with Crippen LogP contribution in [0.1, 0.15) is 0 Å². The van der Waals surface area contributed by atoms with Gasteiger partial charge in [-0.25, -0.2) is 9.37 Å². The summed E-state index contributed by atoms with van der Waals surface area (Å²) in [5.41, 5.74) is 0.368. The molecule has 1 amide bonds. The van der Waals surface area contributed by atoms with Crippen LogP contribution in [0.15, 0.2) is 40.9 Å². The summed E-state index contributed by atoms with van der Waals surface area (Å²) in [4.78, 5) is 17.2. The number of thiophene rings is 1. The highest BCUT2D eigenvalue weighted by Crippen LogP contribution is 2.24. The van der Waals surface area contributed by atoms with E-state index in [1.54, 1.807) is 11.3 Å². The fourth-order valence-electron chi connectivity index (χ4n) is 1.74. The Bertz CT molecular complexity index is 822. The zero-order valence-electron chi connectivity index (χ0n) is 11.5. The smallest absolute Gasteiger partial charge is 0.234 e. The van der Waals surface area contributed by atoms with Gasteiger partial charge in [-0.3, -0.25) is 9.89 Å². The summed E-state index contributed by atoms with van der Waals surface area (Å²) in [6.45, 7) is 0. The average molecular weight is 369 g/mol. The molecule has 0 bridgehead atoms. The molecule has 0 fully saturated rings. The van der Waals surface area contributed by atoms with Crippen LogP contribution in [-0.2, 0) is 4.79 Å². The van der Waals surface area contributed by atoms with Crippen molar-refractivity contribution in [1.82, 2.24) is 15.2 Å². The third-order valence-electron chi connectivity index (χ3n) is 2.76. The van der Waals surface area contributed by atoms with Gasteiger partial charge < -0.3 is 5.32 Å². The van der Waals surface area contributed by atoms with Crippen molar-refractivity contribution in [3.05, 3.63) is 46.6 Å². The molecule has 0 unspecified atom stereocenters. The van der Waals surface area contributed by atoms with Crippen LogP contribution in [0.3, 0.4) is 0 Å². The number of aromatic amines is 1. The molecule has 2 N–H and O–H groups in total. The largest absolute Gasteiger partial charge is 0.324 e. The first kappa shape index (κ1) is 16.0. The molecular weight excluding hydrogens is 359 g/mol. The zero-order valence-corrected chi connectivity index (χ0v) is 13.9. The Balaban J connectivity index is 1.57. The number of benzene rings is 1. The summed E-state index contributed by atoms with van der Waals surface area (Å²) in [5.74, 6) is 0.0646. The number of nitrogens with zero attached hydrogens (tertiary/aromatic N) is 2. The summed E-state index contributed by atoms with van der Waals surface area (Å²) in [5, 5.41) is 12.1. The quantitative estimate of drug-likeness (QED) is 0.666. The third-order valence-corrected chi connectivity index (χ3v) is 4.79. The number of amides is 1. The first-order valence-corrected chi connectivity index (χ1v) is 8.70. The number of thioether (sulfide) groups is 1. The number of aromatic nitrogens is 3. The third kappa shape index (κ3) is 4.10. The van der Waals surface area contributed by atoms with Crippen LogP contribution >= 0.6 is 34.7 Å². The molecular formula is C14H10ClFN4OS2. The number of carbonyl (C=O) groups excluding carboxylic acids is 1. The van der Waals surface area contributed by atoms with Crippen molar-refractivity contribution in [3.8, 4) is 10.7 Å². The normalized spacial score (nSPS) is 10.7. The van der Waals surface area contributed by atoms with E-state index in [4.69, 9.17) is 11.6 Å². The Hall–Kier alpha value is -1.90. The van der Waals surface area contributed by atoms with Crippen molar-refractivity contribution in [2.75, 3.05) is 11.1 Å². The molecule has 0 aliphatic carbocycles. The number of nitrogens with one attached hydrogen (secondary N) is 2. The van der Waals surface area contributed by atoms with Crippen LogP contribution in [0, 0.1) is 5.82 Å². The molecule has 5 nitrogen and oxygen atoms in total. The second-order valence-electron chi connectivity index (χ2n) is 4.40. The van der Waals surface area contributed by atoms with Crippen LogP contribution in [0.2, 0.25) is 5.02 Å². The highest BCUT2D eigenvalue weighted by molar-refractivity contribution is 7.99. The Morgan fingerprint density at radius 2 is 2.30 bits per heavy atom. The average Bonchev–Trinajstić information content (AvgIpc) is 3.18. The number of anilines is 1. The second-order valence-corrected chi connectivity index (χ2v) is 6.70. The van der Waals surface area contributed by atoms with Crippen molar-refractivity contribution in [2.24, 2.45) is 0 Å². The van der Waals surface area contributed by atoms with Gasteiger partial charge in [-0.2, -0.15) is 0 Å². The van der Waals surface area contributed by atoms with E-state index in [1.165, 1.54) is 23.9 Å². The van der Waals surface area contributed by atoms with Crippen molar-refractivity contribution < 1.29 is 9.18 Å². The SMILES string of the molecule is O=C(CSc1n[nH]c(-c2cccs2)n1)Nc1ccc(F)cc1Cl. The van der Waals surface area contributed by atoms with Gasteiger partial charge in [-0.05, 0) is 29.6 Å². The number of H-pyrrole nitrogens is 1. The molecule has 3 rings (SSSR count). The van der Waals surface area contributed by atoms with Crippen LogP contribution < -0.4 is 5.32 Å². The summed E-state index contributed by atoms with van der Waals surface area (Å²) in [6.07, 6.45) is 0.